The Morgan fingerprint density at radius 1 is 0.857 bits per heavy atom. The molecule has 0 aromatic heterocycles. The summed E-state index contributed by atoms with van der Waals surface area (Å²) in [6, 6.07) is 9.49. The number of rotatable bonds is 4. The van der Waals surface area contributed by atoms with E-state index in [0.29, 0.717) is 0 Å². The first kappa shape index (κ1) is 20.0. The maximum atomic E-state index is 5.36. The van der Waals surface area contributed by atoms with Gasteiger partial charge in [-0.1, -0.05) is 103 Å². The summed E-state index contributed by atoms with van der Waals surface area (Å²) in [4.78, 5) is 0. The molecule has 0 saturated heterocycles. The number of nitrogen functional groups attached to an aromatic ring is 1. The van der Waals surface area contributed by atoms with Gasteiger partial charge in [-0.15, -0.1) is 0 Å². The number of nitrogens with two attached hydrogens (primary N) is 1. The van der Waals surface area contributed by atoms with Crippen LogP contribution in [0.1, 0.15) is 85.0 Å². The third-order valence-electron chi connectivity index (χ3n) is 3.90. The summed E-state index contributed by atoms with van der Waals surface area (Å²) in [5.74, 6) is 1.04. The number of anilines is 1. The van der Waals surface area contributed by atoms with Gasteiger partial charge in [-0.3, -0.25) is 0 Å². The minimum atomic E-state index is 0.822. The molecule has 2 N–H and O–H groups in total. The summed E-state index contributed by atoms with van der Waals surface area (Å²) in [6.45, 7) is 6.85. The summed E-state index contributed by atoms with van der Waals surface area (Å²) < 4.78 is 0. The van der Waals surface area contributed by atoms with Gasteiger partial charge in [0, 0.05) is 5.69 Å². The van der Waals surface area contributed by atoms with Crippen LogP contribution in [0.25, 0.3) is 0 Å². The van der Waals surface area contributed by atoms with Crippen LogP contribution in [-0.2, 0) is 0 Å². The molecule has 0 aliphatic heterocycles. The van der Waals surface area contributed by atoms with Crippen LogP contribution in [0.3, 0.4) is 0 Å². The molecule has 0 atom stereocenters. The lowest BCUT2D eigenvalue weighted by Gasteiger charge is -2.15. The average Bonchev–Trinajstić information content (AvgIpc) is 2.51. The SMILES string of the molecule is CC1CCCCC1.CCCCCCC.Nc1ccccc1. The first-order valence-electron chi connectivity index (χ1n) is 9.01. The average molecular weight is 292 g/mol. The van der Waals surface area contributed by atoms with Crippen molar-refractivity contribution in [2.24, 2.45) is 5.92 Å². The van der Waals surface area contributed by atoms with Gasteiger partial charge in [-0.05, 0) is 18.1 Å². The Labute approximate surface area is 133 Å². The Morgan fingerprint density at radius 3 is 1.67 bits per heavy atom. The van der Waals surface area contributed by atoms with Crippen LogP contribution in [0, 0.1) is 5.92 Å². The Kier molecular flexibility index (Phi) is 14.7. The molecule has 1 aliphatic carbocycles. The summed E-state index contributed by atoms with van der Waals surface area (Å²) in [7, 11) is 0. The third kappa shape index (κ3) is 15.2. The van der Waals surface area contributed by atoms with Gasteiger partial charge < -0.3 is 5.73 Å². The monoisotopic (exact) mass is 291 g/mol. The van der Waals surface area contributed by atoms with E-state index in [1.54, 1.807) is 0 Å². The predicted molar refractivity (Wildman–Crippen MR) is 97.5 cm³/mol. The number of para-hydroxylation sites is 1. The maximum absolute atomic E-state index is 5.36. The highest BCUT2D eigenvalue weighted by Gasteiger charge is 2.05. The molecule has 1 aliphatic rings. The molecule has 0 unspecified atom stereocenters. The van der Waals surface area contributed by atoms with Gasteiger partial charge in [0.1, 0.15) is 0 Å². The molecule has 21 heavy (non-hydrogen) atoms. The summed E-state index contributed by atoms with van der Waals surface area (Å²) in [5, 5.41) is 0. The number of hydrogen-bond donors (Lipinski definition) is 1. The van der Waals surface area contributed by atoms with E-state index in [4.69, 9.17) is 5.73 Å². The van der Waals surface area contributed by atoms with Gasteiger partial charge in [0.05, 0.1) is 0 Å². The van der Waals surface area contributed by atoms with Gasteiger partial charge in [-0.25, -0.2) is 0 Å². The molecule has 1 aromatic carbocycles. The molecule has 1 fully saturated rings. The highest BCUT2D eigenvalue weighted by molar-refractivity contribution is 5.35. The van der Waals surface area contributed by atoms with E-state index in [2.05, 4.69) is 20.8 Å². The summed E-state index contributed by atoms with van der Waals surface area (Å²) in [5.41, 5.74) is 6.18. The van der Waals surface area contributed by atoms with E-state index in [1.165, 1.54) is 64.2 Å². The van der Waals surface area contributed by atoms with Crippen molar-refractivity contribution in [3.05, 3.63) is 30.3 Å². The van der Waals surface area contributed by atoms with Gasteiger partial charge in [0.2, 0.25) is 0 Å². The fourth-order valence-corrected chi connectivity index (χ4v) is 2.44. The lowest BCUT2D eigenvalue weighted by atomic mass is 9.91. The standard InChI is InChI=1S/C7H14.C7H16.C6H7N/c1-7-5-3-2-4-6-7;1-3-5-7-6-4-2;7-6-4-2-1-3-5-6/h7H,2-6H2,1H3;3-7H2,1-2H3;1-5H,7H2. The Bertz CT molecular complexity index is 284. The van der Waals surface area contributed by atoms with Crippen LogP contribution in [-0.4, -0.2) is 0 Å². The molecule has 1 saturated carbocycles. The van der Waals surface area contributed by atoms with E-state index < -0.39 is 0 Å². The smallest absolute Gasteiger partial charge is 0.0313 e. The molecular weight excluding hydrogens is 254 g/mol. The quantitative estimate of drug-likeness (QED) is 0.477. The van der Waals surface area contributed by atoms with Crippen molar-refractivity contribution in [1.82, 2.24) is 0 Å². The molecular formula is C20H37N. The van der Waals surface area contributed by atoms with Gasteiger partial charge in [-0.2, -0.15) is 0 Å². The second-order valence-electron chi connectivity index (χ2n) is 6.21. The van der Waals surface area contributed by atoms with Crippen LogP contribution in [0.2, 0.25) is 0 Å². The van der Waals surface area contributed by atoms with Gasteiger partial charge in [0.25, 0.3) is 0 Å². The molecule has 0 spiro atoms. The van der Waals surface area contributed by atoms with Gasteiger partial charge >= 0.3 is 0 Å². The minimum Gasteiger partial charge on any atom is -0.399 e. The van der Waals surface area contributed by atoms with E-state index in [9.17, 15) is 0 Å². The van der Waals surface area contributed by atoms with Crippen LogP contribution in [0.5, 0.6) is 0 Å². The molecule has 1 heteroatoms. The predicted octanol–water partition coefficient (Wildman–Crippen LogP) is 6.83. The van der Waals surface area contributed by atoms with Crippen molar-refractivity contribution in [1.29, 1.82) is 0 Å². The van der Waals surface area contributed by atoms with Crippen molar-refractivity contribution in [3.63, 3.8) is 0 Å². The van der Waals surface area contributed by atoms with Crippen molar-refractivity contribution >= 4 is 5.69 Å². The van der Waals surface area contributed by atoms with E-state index in [1.807, 2.05) is 30.3 Å². The molecule has 0 amide bonds. The van der Waals surface area contributed by atoms with Crippen molar-refractivity contribution in [3.8, 4) is 0 Å². The largest absolute Gasteiger partial charge is 0.399 e. The van der Waals surface area contributed by atoms with Crippen molar-refractivity contribution in [2.75, 3.05) is 5.73 Å². The van der Waals surface area contributed by atoms with Crippen LogP contribution in [0.15, 0.2) is 30.3 Å². The molecule has 0 radical (unpaired) electrons. The van der Waals surface area contributed by atoms with E-state index in [0.717, 1.165) is 11.6 Å². The van der Waals surface area contributed by atoms with E-state index >= 15 is 0 Å². The molecule has 122 valence electrons. The third-order valence-corrected chi connectivity index (χ3v) is 3.90. The second kappa shape index (κ2) is 15.4. The molecule has 0 bridgehead atoms. The van der Waals surface area contributed by atoms with Crippen molar-refractivity contribution in [2.45, 2.75) is 85.0 Å². The summed E-state index contributed by atoms with van der Waals surface area (Å²) in [6.07, 6.45) is 14.4. The highest BCUT2D eigenvalue weighted by Crippen LogP contribution is 2.22. The molecule has 0 heterocycles. The second-order valence-corrected chi connectivity index (χ2v) is 6.21. The molecule has 1 aromatic rings. The van der Waals surface area contributed by atoms with Gasteiger partial charge in [0.15, 0.2) is 0 Å². The first-order valence-corrected chi connectivity index (χ1v) is 9.01. The number of benzene rings is 1. The fraction of sp³-hybridized carbons (Fsp3) is 0.700. The lowest BCUT2D eigenvalue weighted by Crippen LogP contribution is -1.99. The minimum absolute atomic E-state index is 0.822. The Balaban J connectivity index is 0.000000286. The van der Waals surface area contributed by atoms with Crippen LogP contribution >= 0.6 is 0 Å². The zero-order valence-corrected chi connectivity index (χ0v) is 14.6. The zero-order valence-electron chi connectivity index (χ0n) is 14.6. The number of hydrogen-bond acceptors (Lipinski definition) is 1. The van der Waals surface area contributed by atoms with Crippen molar-refractivity contribution < 1.29 is 0 Å². The molecule has 2 rings (SSSR count). The van der Waals surface area contributed by atoms with Crippen LogP contribution < -0.4 is 5.73 Å². The normalized spacial score (nSPS) is 14.4. The number of unbranched alkanes of at least 4 members (excludes halogenated alkanes) is 4. The topological polar surface area (TPSA) is 26.0 Å². The fourth-order valence-electron chi connectivity index (χ4n) is 2.44. The maximum Gasteiger partial charge on any atom is 0.0313 e. The lowest BCUT2D eigenvalue weighted by molar-refractivity contribution is 0.385. The van der Waals surface area contributed by atoms with Crippen LogP contribution in [0.4, 0.5) is 5.69 Å². The Morgan fingerprint density at radius 2 is 1.38 bits per heavy atom. The summed E-state index contributed by atoms with van der Waals surface area (Å²) >= 11 is 0. The van der Waals surface area contributed by atoms with E-state index in [-0.39, 0.29) is 0 Å². The highest BCUT2D eigenvalue weighted by atomic mass is 14.5. The Hall–Kier alpha value is -0.980. The first-order chi connectivity index (χ1) is 10.2. The molecule has 1 nitrogen and oxygen atoms in total. The zero-order chi connectivity index (χ0) is 15.8.